The maximum absolute atomic E-state index is 13.9. The van der Waals surface area contributed by atoms with E-state index in [1.807, 2.05) is 6.07 Å². The molecular weight excluding hydrogens is 1080 g/mol. The van der Waals surface area contributed by atoms with Crippen LogP contribution < -0.4 is 65.1 Å². The summed E-state index contributed by atoms with van der Waals surface area (Å²) in [6.45, 7) is 4.51. The first-order valence-electron chi connectivity index (χ1n) is 25.4. The van der Waals surface area contributed by atoms with E-state index >= 15 is 0 Å². The molecule has 0 saturated heterocycles. The van der Waals surface area contributed by atoms with Crippen molar-refractivity contribution in [2.75, 3.05) is 24.4 Å². The molecule has 0 radical (unpaired) electrons. The van der Waals surface area contributed by atoms with E-state index in [9.17, 15) is 67.7 Å². The van der Waals surface area contributed by atoms with Crippen molar-refractivity contribution in [3.63, 3.8) is 0 Å². The number of aliphatic hydroxyl groups is 1. The van der Waals surface area contributed by atoms with Crippen LogP contribution in [0.3, 0.4) is 0 Å². The summed E-state index contributed by atoms with van der Waals surface area (Å²) in [5, 5.41) is 42.4. The number of carbonyl (C=O) groups excluding carboxylic acids is 11. The third kappa shape index (κ3) is 21.5. The van der Waals surface area contributed by atoms with Crippen LogP contribution in [-0.4, -0.2) is 171 Å². The molecule has 0 fully saturated rings. The number of nitrogens with two attached hydrogens (primary N) is 3. The Kier molecular flexibility index (Phi) is 27.4. The first-order valence-corrected chi connectivity index (χ1v) is 27.4. The minimum absolute atomic E-state index is 0.0352. The van der Waals surface area contributed by atoms with Gasteiger partial charge in [0.2, 0.25) is 65.0 Å². The molecule has 0 aliphatic heterocycles. The van der Waals surface area contributed by atoms with Gasteiger partial charge in [0.05, 0.1) is 19.1 Å². The summed E-state index contributed by atoms with van der Waals surface area (Å²) in [4.78, 5) is 160. The van der Waals surface area contributed by atoms with Gasteiger partial charge in [0.15, 0.2) is 0 Å². The maximum Gasteiger partial charge on any atom is 0.326 e. The van der Waals surface area contributed by atoms with E-state index in [-0.39, 0.29) is 43.6 Å². The van der Waals surface area contributed by atoms with Crippen molar-refractivity contribution in [2.24, 2.45) is 23.1 Å². The second kappa shape index (κ2) is 33.0. The molecule has 0 unspecified atom stereocenters. The van der Waals surface area contributed by atoms with Gasteiger partial charge in [-0.25, -0.2) is 4.79 Å². The number of thiol groups is 1. The molecule has 0 saturated carbocycles. The number of primary amides is 2. The van der Waals surface area contributed by atoms with Crippen LogP contribution in [0.4, 0.5) is 0 Å². The van der Waals surface area contributed by atoms with Crippen molar-refractivity contribution < 1.29 is 67.7 Å². The lowest BCUT2D eigenvalue weighted by Crippen LogP contribution is -2.61. The van der Waals surface area contributed by atoms with Crippen LogP contribution in [0.1, 0.15) is 64.5 Å². The van der Waals surface area contributed by atoms with Gasteiger partial charge in [-0.15, -0.1) is 0 Å². The number of aliphatic hydroxyl groups excluding tert-OH is 1. The lowest BCUT2D eigenvalue weighted by atomic mass is 10.0. The lowest BCUT2D eigenvalue weighted by molar-refractivity contribution is -0.142. The number of fused-ring (bicyclic) bond motifs is 1. The number of benzene rings is 2. The molecule has 80 heavy (non-hydrogen) atoms. The molecule has 27 nitrogen and oxygen atoms in total. The standard InChI is InChI=1S/C51H73N13O14S2/c1-25(2)41(64-47(73)35(21-40(54)67)60-46(72)34(17-18-80-5)59-45(71)33(15-16-39(53)66)58-44(70)31(52)19-28-11-7-6-8-12-28)50(76)62-37(23-65)48(74)56-27(4)43(69)63-38(24-79)49(75)57-26(3)42(68)61-36(51(77)78)20-29-22-55-32-14-10-9-13-30(29)32/h6-14,22,25-27,31,33-38,41,55,65,79H,15-21,23-24,52H2,1-5H3,(H2,53,66)(H2,54,67)(H,56,74)(H,57,75)(H,58,70)(H,59,71)(H,60,72)(H,61,68)(H,62,76)(H,63,69)(H,64,73)(H,77,78)/t26-,27-,31-,33-,34-,35-,36-,37-,38-,41-/m0/s1. The molecule has 438 valence electrons. The van der Waals surface area contributed by atoms with Gasteiger partial charge in [0.1, 0.15) is 54.4 Å². The van der Waals surface area contributed by atoms with Crippen molar-refractivity contribution in [3.05, 3.63) is 71.9 Å². The molecule has 1 heterocycles. The van der Waals surface area contributed by atoms with Gasteiger partial charge in [-0.05, 0) is 68.2 Å². The van der Waals surface area contributed by atoms with Crippen LogP contribution in [0.5, 0.6) is 0 Å². The van der Waals surface area contributed by atoms with Crippen LogP contribution in [-0.2, 0) is 70.4 Å². The highest BCUT2D eigenvalue weighted by Crippen LogP contribution is 2.19. The first kappa shape index (κ1) is 66.5. The Labute approximate surface area is 471 Å². The summed E-state index contributed by atoms with van der Waals surface area (Å²) in [5.41, 5.74) is 19.1. The minimum Gasteiger partial charge on any atom is -0.480 e. The van der Waals surface area contributed by atoms with E-state index in [0.717, 1.165) is 16.5 Å². The minimum atomic E-state index is -1.74. The van der Waals surface area contributed by atoms with Crippen LogP contribution in [0.2, 0.25) is 0 Å². The molecule has 29 heteroatoms. The number of amides is 11. The van der Waals surface area contributed by atoms with E-state index in [4.69, 9.17) is 17.2 Å². The van der Waals surface area contributed by atoms with Crippen LogP contribution in [0.15, 0.2) is 60.8 Å². The summed E-state index contributed by atoms with van der Waals surface area (Å²) < 4.78 is 0. The summed E-state index contributed by atoms with van der Waals surface area (Å²) in [7, 11) is 0. The molecule has 18 N–H and O–H groups in total. The fraction of sp³-hybridized carbons (Fsp3) is 0.490. The van der Waals surface area contributed by atoms with E-state index in [1.54, 1.807) is 61.0 Å². The number of carboxylic acid groups (broad SMARTS) is 1. The zero-order chi connectivity index (χ0) is 59.8. The van der Waals surface area contributed by atoms with Crippen molar-refractivity contribution in [3.8, 4) is 0 Å². The van der Waals surface area contributed by atoms with Crippen LogP contribution in [0.25, 0.3) is 10.9 Å². The molecule has 0 aliphatic rings. The topological polar surface area (TPSA) is 447 Å². The number of aromatic nitrogens is 1. The molecule has 0 aliphatic carbocycles. The van der Waals surface area contributed by atoms with E-state index in [1.165, 1.54) is 39.5 Å². The molecule has 0 bridgehead atoms. The highest BCUT2D eigenvalue weighted by Gasteiger charge is 2.36. The molecular formula is C51H73N13O14S2. The quantitative estimate of drug-likeness (QED) is 0.0255. The molecule has 11 amide bonds. The number of hydrogen-bond acceptors (Lipinski definition) is 16. The number of carbonyl (C=O) groups is 12. The fourth-order valence-electron chi connectivity index (χ4n) is 7.77. The van der Waals surface area contributed by atoms with Crippen molar-refractivity contribution in [1.82, 2.24) is 52.8 Å². The third-order valence-corrected chi connectivity index (χ3v) is 13.3. The Morgan fingerprint density at radius 3 is 1.62 bits per heavy atom. The second-order valence-electron chi connectivity index (χ2n) is 19.1. The molecule has 3 rings (SSSR count). The number of nitrogens with one attached hydrogen (secondary N) is 10. The number of carboxylic acids is 1. The Bertz CT molecular complexity index is 2680. The highest BCUT2D eigenvalue weighted by molar-refractivity contribution is 7.98. The number of rotatable bonds is 34. The zero-order valence-electron chi connectivity index (χ0n) is 44.9. The SMILES string of the molecule is CSCC[C@H](NC(=O)[C@H](CCC(N)=O)NC(=O)[C@@H](N)Cc1ccccc1)C(=O)N[C@@H](CC(N)=O)C(=O)N[C@H](C(=O)N[C@@H](CO)C(=O)N[C@@H](C)C(=O)N[C@@H](CS)C(=O)N[C@@H](C)C(=O)N[C@@H](Cc1c[nH]c2ccccc12)C(=O)O)C(C)C. The number of thioether (sulfide) groups is 1. The molecule has 3 aromatic rings. The van der Waals surface area contributed by atoms with Gasteiger partial charge in [0, 0.05) is 35.7 Å². The van der Waals surface area contributed by atoms with Crippen molar-refractivity contribution in [2.45, 2.75) is 127 Å². The molecule has 10 atom stereocenters. The summed E-state index contributed by atoms with van der Waals surface area (Å²) >= 11 is 5.43. The second-order valence-corrected chi connectivity index (χ2v) is 20.4. The lowest BCUT2D eigenvalue weighted by Gasteiger charge is -2.28. The van der Waals surface area contributed by atoms with Crippen molar-refractivity contribution in [1.29, 1.82) is 0 Å². The van der Waals surface area contributed by atoms with Gasteiger partial charge in [-0.1, -0.05) is 62.4 Å². The van der Waals surface area contributed by atoms with Gasteiger partial charge in [-0.2, -0.15) is 24.4 Å². The zero-order valence-corrected chi connectivity index (χ0v) is 46.6. The Hall–Kier alpha value is -7.76. The Morgan fingerprint density at radius 2 is 1.07 bits per heavy atom. The van der Waals surface area contributed by atoms with E-state index in [0.29, 0.717) is 5.56 Å². The predicted molar refractivity (Wildman–Crippen MR) is 297 cm³/mol. The number of hydrogen-bond donors (Lipinski definition) is 16. The van der Waals surface area contributed by atoms with Crippen LogP contribution >= 0.6 is 24.4 Å². The van der Waals surface area contributed by atoms with Crippen molar-refractivity contribution >= 4 is 106 Å². The Morgan fingerprint density at radius 1 is 0.575 bits per heavy atom. The summed E-state index contributed by atoms with van der Waals surface area (Å²) in [6.07, 6.45) is 1.96. The normalized spacial score (nSPS) is 14.9. The average Bonchev–Trinajstić information content (AvgIpc) is 3.86. The van der Waals surface area contributed by atoms with Gasteiger partial charge in [0.25, 0.3) is 0 Å². The number of aliphatic carboxylic acids is 1. The molecule has 2 aromatic carbocycles. The first-order chi connectivity index (χ1) is 37.8. The monoisotopic (exact) mass is 1160 g/mol. The predicted octanol–water partition coefficient (Wildman–Crippen LogP) is -3.76. The summed E-state index contributed by atoms with van der Waals surface area (Å²) in [5.74, 6) is -12.4. The number of para-hydroxylation sites is 1. The molecule has 0 spiro atoms. The fourth-order valence-corrected chi connectivity index (χ4v) is 8.49. The average molecular weight is 1160 g/mol. The van der Waals surface area contributed by atoms with Gasteiger partial charge in [-0.3, -0.25) is 52.7 Å². The van der Waals surface area contributed by atoms with Gasteiger partial charge >= 0.3 is 5.97 Å². The van der Waals surface area contributed by atoms with Gasteiger partial charge < -0.3 is 80.2 Å². The van der Waals surface area contributed by atoms with Crippen LogP contribution in [0, 0.1) is 5.92 Å². The Balaban J connectivity index is 1.64. The van der Waals surface area contributed by atoms with E-state index in [2.05, 4.69) is 65.5 Å². The summed E-state index contributed by atoms with van der Waals surface area (Å²) in [6, 6.07) is 1.67. The largest absolute Gasteiger partial charge is 0.480 e. The highest BCUT2D eigenvalue weighted by atomic mass is 32.2. The third-order valence-electron chi connectivity index (χ3n) is 12.3. The molecule has 1 aromatic heterocycles. The maximum atomic E-state index is 13.9. The smallest absolute Gasteiger partial charge is 0.326 e. The number of H-pyrrole nitrogens is 1. The number of aromatic amines is 1. The van der Waals surface area contributed by atoms with E-state index < -0.39 is 150 Å².